The third kappa shape index (κ3) is 6.91. The summed E-state index contributed by atoms with van der Waals surface area (Å²) in [6.45, 7) is 3.16. The fourth-order valence-corrected chi connectivity index (χ4v) is 7.57. The number of guanidine groups is 1. The van der Waals surface area contributed by atoms with E-state index in [0.717, 1.165) is 24.1 Å². The standard InChI is InChI=1S/C36H39ClF6N10O3/c1-32(2,3)16-35(33(4)10-9-20(14-25(33)38)26-46-18-51(50-26)21-6-7-21)28(54)52(30(44)48-35)24(15-56-31(55)49-34(11-12-34)36(41,42)43)19-5-8-23(37)22(13-19)27-45-17-47-53(27)29(39)40/h5,8-9,13-14,17-18,21,24,29H,6-7,10-12,15-16H2,1-4H3,(H2,44,48)(H,49,55)/t24-,33?,35+/m1/s1. The van der Waals surface area contributed by atoms with E-state index in [4.69, 9.17) is 27.1 Å². The van der Waals surface area contributed by atoms with Gasteiger partial charge in [-0.2, -0.15) is 36.8 Å². The molecule has 2 saturated carbocycles. The molecule has 300 valence electrons. The van der Waals surface area contributed by atoms with Crippen LogP contribution in [-0.2, 0) is 9.53 Å². The molecule has 7 rings (SSSR count). The molecule has 56 heavy (non-hydrogen) atoms. The van der Waals surface area contributed by atoms with Crippen molar-refractivity contribution >= 4 is 35.1 Å². The van der Waals surface area contributed by atoms with E-state index in [2.05, 4.69) is 20.2 Å². The van der Waals surface area contributed by atoms with E-state index < -0.39 is 71.1 Å². The first kappa shape index (κ1) is 39.3. The summed E-state index contributed by atoms with van der Waals surface area (Å²) in [6.07, 6.45) is 0.464. The molecule has 13 nitrogen and oxygen atoms in total. The lowest BCUT2D eigenvalue weighted by molar-refractivity contribution is -0.164. The van der Waals surface area contributed by atoms with Crippen LogP contribution in [0.4, 0.5) is 31.1 Å². The summed E-state index contributed by atoms with van der Waals surface area (Å²) in [5, 5.41) is 9.89. The highest BCUT2D eigenvalue weighted by atomic mass is 35.5. The number of alkyl halides is 5. The molecule has 4 aliphatic rings. The second kappa shape index (κ2) is 13.6. The van der Waals surface area contributed by atoms with Gasteiger partial charge >= 0.3 is 18.8 Å². The lowest BCUT2D eigenvalue weighted by Gasteiger charge is -2.46. The number of carbonyl (C=O) groups excluding carboxylic acids is 2. The number of halogens is 7. The summed E-state index contributed by atoms with van der Waals surface area (Å²) in [7, 11) is 0. The Morgan fingerprint density at radius 3 is 2.48 bits per heavy atom. The zero-order valence-electron chi connectivity index (χ0n) is 30.7. The van der Waals surface area contributed by atoms with Crippen molar-refractivity contribution in [3.8, 4) is 11.4 Å². The highest BCUT2D eigenvalue weighted by Crippen LogP contribution is 2.56. The Morgan fingerprint density at radius 2 is 1.88 bits per heavy atom. The van der Waals surface area contributed by atoms with E-state index in [1.165, 1.54) is 24.3 Å². The average molecular weight is 809 g/mol. The monoisotopic (exact) mass is 808 g/mol. The van der Waals surface area contributed by atoms with Crippen molar-refractivity contribution in [2.75, 3.05) is 6.61 Å². The third-order valence-electron chi connectivity index (χ3n) is 10.7. The van der Waals surface area contributed by atoms with E-state index >= 15 is 9.18 Å². The number of benzene rings is 1. The Hall–Kier alpha value is -4.94. The average Bonchev–Trinajstić information content (AvgIpc) is 3.98. The van der Waals surface area contributed by atoms with Crippen LogP contribution in [-0.4, -0.2) is 76.2 Å². The van der Waals surface area contributed by atoms with E-state index in [1.54, 1.807) is 24.0 Å². The summed E-state index contributed by atoms with van der Waals surface area (Å²) >= 11 is 6.44. The first-order valence-corrected chi connectivity index (χ1v) is 18.2. The molecule has 0 spiro atoms. The SMILES string of the molecule is CC(C)(C)C[C@]1(C2(C)CC=C(c3ncn(C4CC4)n3)C=C2F)N=C(N)N([C@H](COC(=O)NC2(C(F)(F)F)CC2)c2ccc(Cl)c(-c3ncnn3C(F)F)c2)C1=O. The van der Waals surface area contributed by atoms with Gasteiger partial charge in [0.15, 0.2) is 23.1 Å². The molecule has 0 saturated heterocycles. The molecule has 20 heteroatoms. The molecule has 3 heterocycles. The molecule has 3 aliphatic carbocycles. The number of hydrogen-bond acceptors (Lipinski definition) is 9. The zero-order valence-corrected chi connectivity index (χ0v) is 31.5. The molecular weight excluding hydrogens is 770 g/mol. The highest BCUT2D eigenvalue weighted by molar-refractivity contribution is 6.33. The summed E-state index contributed by atoms with van der Waals surface area (Å²) < 4.78 is 93.2. The van der Waals surface area contributed by atoms with Crippen molar-refractivity contribution < 1.29 is 40.7 Å². The second-order valence-corrected chi connectivity index (χ2v) is 16.5. The van der Waals surface area contributed by atoms with Crippen LogP contribution in [0.15, 0.2) is 53.8 Å². The first-order chi connectivity index (χ1) is 26.2. The van der Waals surface area contributed by atoms with Gasteiger partial charge in [-0.3, -0.25) is 9.69 Å². The van der Waals surface area contributed by atoms with Gasteiger partial charge in [-0.15, -0.1) is 0 Å². The Balaban J connectivity index is 1.27. The summed E-state index contributed by atoms with van der Waals surface area (Å²) in [4.78, 5) is 42.1. The Bertz CT molecular complexity index is 2150. The van der Waals surface area contributed by atoms with Gasteiger partial charge in [-0.05, 0) is 67.7 Å². The van der Waals surface area contributed by atoms with Crippen molar-refractivity contribution in [3.05, 3.63) is 65.2 Å². The quantitative estimate of drug-likeness (QED) is 0.189. The van der Waals surface area contributed by atoms with Crippen molar-refractivity contribution in [2.24, 2.45) is 21.6 Å². The van der Waals surface area contributed by atoms with Gasteiger partial charge in [0.2, 0.25) is 0 Å². The Labute approximate surface area is 322 Å². The number of rotatable bonds is 11. The molecule has 3 N–H and O–H groups in total. The molecule has 1 unspecified atom stereocenters. The minimum Gasteiger partial charge on any atom is -0.447 e. The minimum absolute atomic E-state index is 0.0307. The molecule has 0 radical (unpaired) electrons. The molecule has 2 aromatic heterocycles. The van der Waals surface area contributed by atoms with Gasteiger partial charge in [-0.1, -0.05) is 51.4 Å². The van der Waals surface area contributed by atoms with Crippen molar-refractivity contribution in [2.45, 2.75) is 102 Å². The van der Waals surface area contributed by atoms with Crippen molar-refractivity contribution in [1.29, 1.82) is 0 Å². The van der Waals surface area contributed by atoms with Crippen LogP contribution < -0.4 is 11.1 Å². The second-order valence-electron chi connectivity index (χ2n) is 16.1. The van der Waals surface area contributed by atoms with Crippen LogP contribution in [0.25, 0.3) is 17.0 Å². The van der Waals surface area contributed by atoms with Gasteiger partial charge in [0.05, 0.1) is 22.5 Å². The smallest absolute Gasteiger partial charge is 0.411 e. The maximum atomic E-state index is 16.9. The van der Waals surface area contributed by atoms with Crippen LogP contribution >= 0.6 is 11.6 Å². The number of nitrogens with one attached hydrogen (secondary N) is 1. The van der Waals surface area contributed by atoms with Crippen molar-refractivity contribution in [3.63, 3.8) is 0 Å². The number of nitrogens with zero attached hydrogens (tertiary/aromatic N) is 8. The number of alkyl carbamates (subject to hydrolysis) is 1. The van der Waals surface area contributed by atoms with Crippen LogP contribution in [0.3, 0.4) is 0 Å². The minimum atomic E-state index is -4.75. The number of aromatic nitrogens is 6. The molecule has 2 fully saturated rings. The maximum Gasteiger partial charge on any atom is 0.411 e. The van der Waals surface area contributed by atoms with Gasteiger partial charge in [0.1, 0.15) is 30.6 Å². The van der Waals surface area contributed by atoms with Crippen molar-refractivity contribution in [1.82, 2.24) is 39.7 Å². The normalized spacial score (nSPS) is 24.2. The zero-order chi connectivity index (χ0) is 40.6. The first-order valence-electron chi connectivity index (χ1n) is 17.9. The molecule has 1 aliphatic heterocycles. The molecule has 0 bridgehead atoms. The molecule has 3 aromatic rings. The largest absolute Gasteiger partial charge is 0.447 e. The summed E-state index contributed by atoms with van der Waals surface area (Å²) in [6, 6.07) is 2.83. The number of amides is 2. The Morgan fingerprint density at radius 1 is 1.16 bits per heavy atom. The fourth-order valence-electron chi connectivity index (χ4n) is 7.37. The predicted octanol–water partition coefficient (Wildman–Crippen LogP) is 7.46. The molecule has 3 atom stereocenters. The summed E-state index contributed by atoms with van der Waals surface area (Å²) in [5.74, 6) is -1.91. The number of hydrogen-bond donors (Lipinski definition) is 2. The fraction of sp³-hybridized carbons (Fsp3) is 0.528. The predicted molar refractivity (Wildman–Crippen MR) is 190 cm³/mol. The van der Waals surface area contributed by atoms with Gasteiger partial charge in [0, 0.05) is 11.1 Å². The molecule has 1 aromatic carbocycles. The number of ether oxygens (including phenoxy) is 1. The van der Waals surface area contributed by atoms with Crippen LogP contribution in [0.2, 0.25) is 5.02 Å². The maximum absolute atomic E-state index is 16.9. The van der Waals surface area contributed by atoms with E-state index in [9.17, 15) is 26.7 Å². The lowest BCUT2D eigenvalue weighted by Crippen LogP contribution is -2.56. The lowest BCUT2D eigenvalue weighted by atomic mass is 9.60. The van der Waals surface area contributed by atoms with Gasteiger partial charge in [0.25, 0.3) is 5.91 Å². The third-order valence-corrected chi connectivity index (χ3v) is 11.1. The molecule has 2 amide bonds. The number of allylic oxidation sites excluding steroid dienone is 3. The van der Waals surface area contributed by atoms with Crippen LogP contribution in [0, 0.1) is 10.8 Å². The van der Waals surface area contributed by atoms with E-state index in [0.29, 0.717) is 16.1 Å². The van der Waals surface area contributed by atoms with Gasteiger partial charge < -0.3 is 15.8 Å². The van der Waals surface area contributed by atoms with E-state index in [-0.39, 0.29) is 53.7 Å². The summed E-state index contributed by atoms with van der Waals surface area (Å²) in [5.41, 5.74) is 0.380. The topological polar surface area (TPSA) is 158 Å². The van der Waals surface area contributed by atoms with Crippen LogP contribution in [0.1, 0.15) is 96.2 Å². The molecular formula is C36H39ClF6N10O3. The van der Waals surface area contributed by atoms with Crippen LogP contribution in [0.5, 0.6) is 0 Å². The van der Waals surface area contributed by atoms with Gasteiger partial charge in [-0.25, -0.2) is 28.8 Å². The highest BCUT2D eigenvalue weighted by Gasteiger charge is 2.65. The number of nitrogens with two attached hydrogens (primary N) is 1. The number of carbonyl (C=O) groups is 2. The number of aliphatic imine (C=N–C) groups is 1. The van der Waals surface area contributed by atoms with E-state index in [1.807, 2.05) is 26.1 Å². The Kier molecular flexibility index (Phi) is 9.56.